The summed E-state index contributed by atoms with van der Waals surface area (Å²) in [5.41, 5.74) is 0. The van der Waals surface area contributed by atoms with Crippen molar-refractivity contribution in [1.29, 1.82) is 0 Å². The van der Waals surface area contributed by atoms with Gasteiger partial charge in [0.05, 0.1) is 24.7 Å². The topological polar surface area (TPSA) is 50.6 Å². The maximum atomic E-state index is 12.2. The molecule has 1 saturated heterocycles. The molecule has 0 aliphatic carbocycles. The molecule has 0 saturated carbocycles. The minimum atomic E-state index is -3.60. The molecule has 1 fully saturated rings. The van der Waals surface area contributed by atoms with Crippen LogP contribution in [0.2, 0.25) is 10.0 Å². The summed E-state index contributed by atoms with van der Waals surface area (Å²) in [5.74, 6) is 0.826. The standard InChI is InChI=1S/C15H22Cl2N2O2S/c1-12-5-9-19(10-6-12)8-2-7-18-22(20,21)15-11-13(16)3-4-14(15)17/h3-4,11-12,18H,2,5-10H2,1H3/p+1. The van der Waals surface area contributed by atoms with E-state index in [4.69, 9.17) is 23.2 Å². The molecule has 4 nitrogen and oxygen atoms in total. The predicted octanol–water partition coefficient (Wildman–Crippen LogP) is 1.98. The van der Waals surface area contributed by atoms with E-state index in [1.54, 1.807) is 11.0 Å². The van der Waals surface area contributed by atoms with Gasteiger partial charge >= 0.3 is 0 Å². The molecule has 1 aliphatic rings. The minimum absolute atomic E-state index is 0.0424. The first kappa shape index (κ1) is 18.0. The van der Waals surface area contributed by atoms with Gasteiger partial charge in [-0.15, -0.1) is 0 Å². The molecular formula is C15H23Cl2N2O2S+. The van der Waals surface area contributed by atoms with Crippen molar-refractivity contribution in [1.82, 2.24) is 4.72 Å². The van der Waals surface area contributed by atoms with Crippen molar-refractivity contribution < 1.29 is 13.3 Å². The zero-order valence-corrected chi connectivity index (χ0v) is 15.1. The Morgan fingerprint density at radius 1 is 1.27 bits per heavy atom. The second-order valence-electron chi connectivity index (χ2n) is 6.01. The van der Waals surface area contributed by atoms with Gasteiger partial charge in [-0.3, -0.25) is 0 Å². The van der Waals surface area contributed by atoms with Crippen LogP contribution in [0.5, 0.6) is 0 Å². The number of sulfonamides is 1. The van der Waals surface area contributed by atoms with Gasteiger partial charge in [-0.25, -0.2) is 13.1 Å². The van der Waals surface area contributed by atoms with Gasteiger partial charge in [0.25, 0.3) is 0 Å². The van der Waals surface area contributed by atoms with Crippen LogP contribution in [0.1, 0.15) is 26.2 Å². The molecule has 0 bridgehead atoms. The van der Waals surface area contributed by atoms with Crippen LogP contribution in [0, 0.1) is 5.92 Å². The molecule has 0 amide bonds. The van der Waals surface area contributed by atoms with E-state index < -0.39 is 10.0 Å². The van der Waals surface area contributed by atoms with Crippen molar-refractivity contribution in [2.75, 3.05) is 26.2 Å². The minimum Gasteiger partial charge on any atom is -0.335 e. The summed E-state index contributed by atoms with van der Waals surface area (Å²) in [6.45, 7) is 6.09. The summed E-state index contributed by atoms with van der Waals surface area (Å²) < 4.78 is 27.1. The SMILES string of the molecule is CC1CC[NH+](CCCNS(=O)(=O)c2cc(Cl)ccc2Cl)CC1. The van der Waals surface area contributed by atoms with Crippen LogP contribution in [-0.2, 0) is 10.0 Å². The molecule has 1 heterocycles. The van der Waals surface area contributed by atoms with Gasteiger partial charge in [0.2, 0.25) is 10.0 Å². The Kier molecular flexibility index (Phi) is 6.53. The van der Waals surface area contributed by atoms with E-state index in [0.717, 1.165) is 18.9 Å². The number of rotatable bonds is 6. The average Bonchev–Trinajstić information content (AvgIpc) is 2.48. The second-order valence-corrected chi connectivity index (χ2v) is 8.59. The molecule has 124 valence electrons. The van der Waals surface area contributed by atoms with Crippen molar-refractivity contribution in [3.63, 3.8) is 0 Å². The van der Waals surface area contributed by atoms with E-state index in [0.29, 0.717) is 11.6 Å². The summed E-state index contributed by atoms with van der Waals surface area (Å²) >= 11 is 11.8. The maximum Gasteiger partial charge on any atom is 0.242 e. The molecule has 1 aromatic carbocycles. The fraction of sp³-hybridized carbons (Fsp3) is 0.600. The number of nitrogens with one attached hydrogen (secondary N) is 2. The van der Waals surface area contributed by atoms with Crippen molar-refractivity contribution in [2.45, 2.75) is 31.1 Å². The number of piperidine rings is 1. The summed E-state index contributed by atoms with van der Waals surface area (Å²) in [6.07, 6.45) is 3.35. The monoisotopic (exact) mass is 365 g/mol. The number of hydrogen-bond acceptors (Lipinski definition) is 2. The van der Waals surface area contributed by atoms with E-state index in [-0.39, 0.29) is 9.92 Å². The summed E-state index contributed by atoms with van der Waals surface area (Å²) in [5, 5.41) is 0.546. The third kappa shape index (κ3) is 5.10. The summed E-state index contributed by atoms with van der Waals surface area (Å²) in [7, 11) is -3.60. The normalized spacial score (nSPS) is 22.7. The fourth-order valence-electron chi connectivity index (χ4n) is 2.73. The van der Waals surface area contributed by atoms with Crippen LogP contribution in [0.25, 0.3) is 0 Å². The Bertz CT molecular complexity index is 600. The van der Waals surface area contributed by atoms with Crippen LogP contribution in [0.15, 0.2) is 23.1 Å². The van der Waals surface area contributed by atoms with Crippen LogP contribution in [0.4, 0.5) is 0 Å². The summed E-state index contributed by atoms with van der Waals surface area (Å²) in [4.78, 5) is 1.61. The lowest BCUT2D eigenvalue weighted by Crippen LogP contribution is -3.13. The molecule has 22 heavy (non-hydrogen) atoms. The predicted molar refractivity (Wildman–Crippen MR) is 90.2 cm³/mol. The van der Waals surface area contributed by atoms with Gasteiger partial charge in [0.1, 0.15) is 4.90 Å². The first-order chi connectivity index (χ1) is 10.4. The largest absolute Gasteiger partial charge is 0.335 e. The van der Waals surface area contributed by atoms with Crippen molar-refractivity contribution in [3.8, 4) is 0 Å². The lowest BCUT2D eigenvalue weighted by atomic mass is 9.99. The van der Waals surface area contributed by atoms with Gasteiger partial charge in [-0.2, -0.15) is 0 Å². The number of hydrogen-bond donors (Lipinski definition) is 2. The first-order valence-electron chi connectivity index (χ1n) is 7.67. The van der Waals surface area contributed by atoms with E-state index >= 15 is 0 Å². The molecule has 0 atom stereocenters. The molecule has 0 radical (unpaired) electrons. The lowest BCUT2D eigenvalue weighted by molar-refractivity contribution is -0.906. The van der Waals surface area contributed by atoms with Gasteiger partial charge in [-0.1, -0.05) is 30.1 Å². The van der Waals surface area contributed by atoms with Gasteiger partial charge in [0.15, 0.2) is 0 Å². The molecule has 2 N–H and O–H groups in total. The van der Waals surface area contributed by atoms with Crippen molar-refractivity contribution >= 4 is 33.2 Å². The van der Waals surface area contributed by atoms with Crippen LogP contribution < -0.4 is 9.62 Å². The van der Waals surface area contributed by atoms with E-state index in [9.17, 15) is 8.42 Å². The molecule has 0 aromatic heterocycles. The van der Waals surface area contributed by atoms with E-state index in [1.165, 1.54) is 38.1 Å². The molecule has 1 aromatic rings. The Morgan fingerprint density at radius 2 is 1.95 bits per heavy atom. The van der Waals surface area contributed by atoms with Crippen molar-refractivity contribution in [3.05, 3.63) is 28.2 Å². The van der Waals surface area contributed by atoms with Crippen LogP contribution in [0.3, 0.4) is 0 Å². The Hall–Kier alpha value is -0.330. The molecule has 7 heteroatoms. The highest BCUT2D eigenvalue weighted by Crippen LogP contribution is 2.24. The fourth-order valence-corrected chi connectivity index (χ4v) is 4.56. The highest BCUT2D eigenvalue weighted by atomic mass is 35.5. The number of likely N-dealkylation sites (tertiary alicyclic amines) is 1. The molecule has 1 aliphatic heterocycles. The van der Waals surface area contributed by atoms with Crippen molar-refractivity contribution in [2.24, 2.45) is 5.92 Å². The van der Waals surface area contributed by atoms with Crippen LogP contribution in [-0.4, -0.2) is 34.6 Å². The molecule has 0 spiro atoms. The van der Waals surface area contributed by atoms with Gasteiger partial charge in [-0.05, 0) is 37.0 Å². The smallest absolute Gasteiger partial charge is 0.242 e. The molecular weight excluding hydrogens is 343 g/mol. The zero-order chi connectivity index (χ0) is 16.2. The lowest BCUT2D eigenvalue weighted by Gasteiger charge is -2.27. The zero-order valence-electron chi connectivity index (χ0n) is 12.7. The van der Waals surface area contributed by atoms with E-state index in [1.807, 2.05) is 0 Å². The number of benzene rings is 1. The Labute approximate surface area is 142 Å². The number of halogens is 2. The molecule has 0 unspecified atom stereocenters. The van der Waals surface area contributed by atoms with Gasteiger partial charge in [0, 0.05) is 18.0 Å². The maximum absolute atomic E-state index is 12.2. The Balaban J connectivity index is 1.82. The first-order valence-corrected chi connectivity index (χ1v) is 9.90. The highest BCUT2D eigenvalue weighted by Gasteiger charge is 2.20. The van der Waals surface area contributed by atoms with Gasteiger partial charge < -0.3 is 4.90 Å². The quantitative estimate of drug-likeness (QED) is 0.757. The number of quaternary nitrogens is 1. The van der Waals surface area contributed by atoms with Crippen LogP contribution >= 0.6 is 23.2 Å². The highest BCUT2D eigenvalue weighted by molar-refractivity contribution is 7.89. The van der Waals surface area contributed by atoms with E-state index in [2.05, 4.69) is 11.6 Å². The average molecular weight is 366 g/mol. The Morgan fingerprint density at radius 3 is 2.64 bits per heavy atom. The third-order valence-electron chi connectivity index (χ3n) is 4.16. The molecule has 2 rings (SSSR count). The summed E-state index contributed by atoms with van der Waals surface area (Å²) in [6, 6.07) is 4.45. The third-order valence-corrected chi connectivity index (χ3v) is 6.34. The second kappa shape index (κ2) is 7.97.